The van der Waals surface area contributed by atoms with Crippen LogP contribution in [0, 0.1) is 0 Å². The van der Waals surface area contributed by atoms with Gasteiger partial charge in [-0.3, -0.25) is 9.69 Å². The van der Waals surface area contributed by atoms with Gasteiger partial charge in [-0.25, -0.2) is 0 Å². The van der Waals surface area contributed by atoms with E-state index in [1.165, 1.54) is 25.7 Å². The standard InChI is InChI=1S/C16H23NO2/c1-13-6-4-3-5-11-17(13)12-16(18)14-7-9-15(19-2)10-8-14/h7-10,13H,3-6,11-12H2,1-2H3. The molecule has 1 fully saturated rings. The number of hydrogen-bond acceptors (Lipinski definition) is 3. The normalized spacial score (nSPS) is 20.8. The first-order chi connectivity index (χ1) is 9.20. The number of methoxy groups -OCH3 is 1. The number of hydrogen-bond donors (Lipinski definition) is 0. The molecule has 3 heteroatoms. The van der Waals surface area contributed by atoms with E-state index in [1.54, 1.807) is 7.11 Å². The number of carbonyl (C=O) groups excluding carboxylic acids is 1. The Morgan fingerprint density at radius 2 is 2.00 bits per heavy atom. The Kier molecular flexibility index (Phi) is 4.97. The van der Waals surface area contributed by atoms with E-state index in [2.05, 4.69) is 11.8 Å². The molecule has 0 N–H and O–H groups in total. The summed E-state index contributed by atoms with van der Waals surface area (Å²) in [6.07, 6.45) is 4.99. The van der Waals surface area contributed by atoms with Crippen LogP contribution in [0.15, 0.2) is 24.3 Å². The molecule has 0 amide bonds. The van der Waals surface area contributed by atoms with Crippen LogP contribution in [0.25, 0.3) is 0 Å². The Morgan fingerprint density at radius 1 is 1.26 bits per heavy atom. The lowest BCUT2D eigenvalue weighted by Crippen LogP contribution is -2.37. The number of Topliss-reactive ketones (excluding diaryl/α,β-unsaturated/α-hetero) is 1. The first kappa shape index (κ1) is 14.1. The van der Waals surface area contributed by atoms with Crippen LogP contribution in [-0.2, 0) is 0 Å². The van der Waals surface area contributed by atoms with E-state index in [-0.39, 0.29) is 5.78 Å². The minimum absolute atomic E-state index is 0.205. The summed E-state index contributed by atoms with van der Waals surface area (Å²) in [4.78, 5) is 14.6. The number of carbonyl (C=O) groups is 1. The molecule has 1 saturated heterocycles. The van der Waals surface area contributed by atoms with Gasteiger partial charge in [0.2, 0.25) is 0 Å². The van der Waals surface area contributed by atoms with Crippen molar-refractivity contribution in [2.24, 2.45) is 0 Å². The lowest BCUT2D eigenvalue weighted by Gasteiger charge is -2.26. The van der Waals surface area contributed by atoms with Gasteiger partial charge in [-0.2, -0.15) is 0 Å². The summed E-state index contributed by atoms with van der Waals surface area (Å²) in [7, 11) is 1.63. The van der Waals surface area contributed by atoms with Crippen molar-refractivity contribution in [3.05, 3.63) is 29.8 Å². The highest BCUT2D eigenvalue weighted by molar-refractivity contribution is 5.97. The van der Waals surface area contributed by atoms with Crippen LogP contribution >= 0.6 is 0 Å². The molecular weight excluding hydrogens is 238 g/mol. The smallest absolute Gasteiger partial charge is 0.176 e. The minimum Gasteiger partial charge on any atom is -0.497 e. The summed E-state index contributed by atoms with van der Waals surface area (Å²) >= 11 is 0. The summed E-state index contributed by atoms with van der Waals surface area (Å²) < 4.78 is 5.11. The first-order valence-electron chi connectivity index (χ1n) is 7.12. The Hall–Kier alpha value is -1.35. The number of ketones is 1. The summed E-state index contributed by atoms with van der Waals surface area (Å²) in [5, 5.41) is 0. The fourth-order valence-electron chi connectivity index (χ4n) is 2.62. The zero-order valence-corrected chi connectivity index (χ0v) is 11.9. The fourth-order valence-corrected chi connectivity index (χ4v) is 2.62. The number of rotatable bonds is 4. The van der Waals surface area contributed by atoms with E-state index in [9.17, 15) is 4.79 Å². The quantitative estimate of drug-likeness (QED) is 0.780. The second-order valence-corrected chi connectivity index (χ2v) is 5.32. The molecule has 1 heterocycles. The highest BCUT2D eigenvalue weighted by Crippen LogP contribution is 2.17. The maximum Gasteiger partial charge on any atom is 0.176 e. The highest BCUT2D eigenvalue weighted by atomic mass is 16.5. The monoisotopic (exact) mass is 261 g/mol. The van der Waals surface area contributed by atoms with Crippen LogP contribution in [0.5, 0.6) is 5.75 Å². The molecule has 104 valence electrons. The van der Waals surface area contributed by atoms with Crippen LogP contribution < -0.4 is 4.74 Å². The molecule has 3 nitrogen and oxygen atoms in total. The lowest BCUT2D eigenvalue weighted by atomic mass is 10.1. The summed E-state index contributed by atoms with van der Waals surface area (Å²) in [5.41, 5.74) is 0.775. The molecule has 1 aliphatic heterocycles. The van der Waals surface area contributed by atoms with Gasteiger partial charge in [-0.05, 0) is 50.6 Å². The molecule has 0 aliphatic carbocycles. The predicted octanol–water partition coefficient (Wildman–Crippen LogP) is 3.14. The van der Waals surface area contributed by atoms with E-state index in [0.717, 1.165) is 17.9 Å². The molecule has 1 aromatic rings. The molecule has 1 atom stereocenters. The topological polar surface area (TPSA) is 29.5 Å². The molecule has 0 spiro atoms. The molecule has 1 unspecified atom stereocenters. The summed E-state index contributed by atoms with van der Waals surface area (Å²) in [5.74, 6) is 0.996. The van der Waals surface area contributed by atoms with Gasteiger partial charge >= 0.3 is 0 Å². The average molecular weight is 261 g/mol. The van der Waals surface area contributed by atoms with Gasteiger partial charge in [0.25, 0.3) is 0 Å². The molecule has 19 heavy (non-hydrogen) atoms. The Bertz CT molecular complexity index is 413. The van der Waals surface area contributed by atoms with E-state index in [0.29, 0.717) is 12.6 Å². The van der Waals surface area contributed by atoms with E-state index < -0.39 is 0 Å². The van der Waals surface area contributed by atoms with Crippen molar-refractivity contribution in [1.29, 1.82) is 0 Å². The first-order valence-corrected chi connectivity index (χ1v) is 7.12. The molecule has 0 bridgehead atoms. The average Bonchev–Trinajstić information content (AvgIpc) is 2.64. The third kappa shape index (κ3) is 3.80. The number of ether oxygens (including phenoxy) is 1. The zero-order chi connectivity index (χ0) is 13.7. The van der Waals surface area contributed by atoms with Crippen LogP contribution in [-0.4, -0.2) is 36.9 Å². The van der Waals surface area contributed by atoms with Crippen molar-refractivity contribution < 1.29 is 9.53 Å². The van der Waals surface area contributed by atoms with Crippen molar-refractivity contribution in [1.82, 2.24) is 4.90 Å². The minimum atomic E-state index is 0.205. The lowest BCUT2D eigenvalue weighted by molar-refractivity contribution is 0.0901. The maximum atomic E-state index is 12.3. The van der Waals surface area contributed by atoms with Gasteiger partial charge < -0.3 is 4.74 Å². The van der Waals surface area contributed by atoms with Crippen molar-refractivity contribution in [2.75, 3.05) is 20.2 Å². The third-order valence-corrected chi connectivity index (χ3v) is 3.95. The maximum absolute atomic E-state index is 12.3. The SMILES string of the molecule is COc1ccc(C(=O)CN2CCCCCC2C)cc1. The molecule has 0 radical (unpaired) electrons. The van der Waals surface area contributed by atoms with E-state index >= 15 is 0 Å². The summed E-state index contributed by atoms with van der Waals surface area (Å²) in [6.45, 7) is 3.81. The number of benzene rings is 1. The van der Waals surface area contributed by atoms with Gasteiger partial charge in [-0.1, -0.05) is 12.8 Å². The van der Waals surface area contributed by atoms with Crippen molar-refractivity contribution >= 4 is 5.78 Å². The van der Waals surface area contributed by atoms with Gasteiger partial charge in [0.1, 0.15) is 5.75 Å². The van der Waals surface area contributed by atoms with E-state index in [1.807, 2.05) is 24.3 Å². The van der Waals surface area contributed by atoms with Crippen LogP contribution in [0.3, 0.4) is 0 Å². The Labute approximate surface area is 115 Å². The molecule has 0 saturated carbocycles. The van der Waals surface area contributed by atoms with Gasteiger partial charge in [0.15, 0.2) is 5.78 Å². The second-order valence-electron chi connectivity index (χ2n) is 5.32. The molecular formula is C16H23NO2. The second kappa shape index (κ2) is 6.71. The van der Waals surface area contributed by atoms with Crippen molar-refractivity contribution in [3.8, 4) is 5.75 Å². The molecule has 1 aliphatic rings. The van der Waals surface area contributed by atoms with Crippen molar-refractivity contribution in [3.63, 3.8) is 0 Å². The number of likely N-dealkylation sites (tertiary alicyclic amines) is 1. The third-order valence-electron chi connectivity index (χ3n) is 3.95. The largest absolute Gasteiger partial charge is 0.497 e. The summed E-state index contributed by atoms with van der Waals surface area (Å²) in [6, 6.07) is 7.91. The number of nitrogens with zero attached hydrogens (tertiary/aromatic N) is 1. The Balaban J connectivity index is 1.98. The fraction of sp³-hybridized carbons (Fsp3) is 0.562. The zero-order valence-electron chi connectivity index (χ0n) is 11.9. The van der Waals surface area contributed by atoms with Gasteiger partial charge in [0, 0.05) is 11.6 Å². The van der Waals surface area contributed by atoms with Crippen LogP contribution in [0.2, 0.25) is 0 Å². The molecule has 0 aromatic heterocycles. The van der Waals surface area contributed by atoms with E-state index in [4.69, 9.17) is 4.74 Å². The van der Waals surface area contributed by atoms with Gasteiger partial charge in [-0.15, -0.1) is 0 Å². The predicted molar refractivity (Wildman–Crippen MR) is 76.8 cm³/mol. The van der Waals surface area contributed by atoms with Crippen LogP contribution in [0.1, 0.15) is 43.0 Å². The highest BCUT2D eigenvalue weighted by Gasteiger charge is 2.19. The molecule has 2 rings (SSSR count). The van der Waals surface area contributed by atoms with Crippen molar-refractivity contribution in [2.45, 2.75) is 38.6 Å². The molecule has 1 aromatic carbocycles. The Morgan fingerprint density at radius 3 is 2.68 bits per heavy atom. The van der Waals surface area contributed by atoms with Crippen LogP contribution in [0.4, 0.5) is 0 Å². The van der Waals surface area contributed by atoms with Gasteiger partial charge in [0.05, 0.1) is 13.7 Å².